The highest BCUT2D eigenvalue weighted by atomic mass is 16.4. The SMILES string of the molecule is NCCc1ccccc1.O=Cc1ccc2c3c(ccc(C(=O)O)c13)C(=O)N(c1ccccc1)C2=O. The van der Waals surface area contributed by atoms with Gasteiger partial charge in [-0.25, -0.2) is 9.69 Å². The van der Waals surface area contributed by atoms with Gasteiger partial charge in [-0.2, -0.15) is 0 Å². The summed E-state index contributed by atoms with van der Waals surface area (Å²) < 4.78 is 0. The fraction of sp³-hybridized carbons (Fsp3) is 0.0714. The number of rotatable bonds is 5. The van der Waals surface area contributed by atoms with Gasteiger partial charge >= 0.3 is 5.97 Å². The lowest BCUT2D eigenvalue weighted by molar-refractivity contribution is 0.0697. The number of anilines is 1. The zero-order valence-corrected chi connectivity index (χ0v) is 18.7. The van der Waals surface area contributed by atoms with Gasteiger partial charge in [-0.3, -0.25) is 14.4 Å². The van der Waals surface area contributed by atoms with Gasteiger partial charge in [0.05, 0.1) is 11.3 Å². The molecule has 0 spiro atoms. The second-order valence-electron chi connectivity index (χ2n) is 7.84. The molecule has 0 fully saturated rings. The number of imide groups is 1. The van der Waals surface area contributed by atoms with Crippen LogP contribution in [0.1, 0.15) is 47.0 Å². The molecule has 0 bridgehead atoms. The summed E-state index contributed by atoms with van der Waals surface area (Å²) in [6, 6.07) is 24.3. The van der Waals surface area contributed by atoms with Crippen LogP contribution in [0.4, 0.5) is 5.69 Å². The minimum absolute atomic E-state index is 0.108. The van der Waals surface area contributed by atoms with E-state index in [1.165, 1.54) is 29.8 Å². The van der Waals surface area contributed by atoms with Gasteiger partial charge < -0.3 is 10.8 Å². The molecule has 4 aromatic rings. The molecule has 2 amide bonds. The minimum atomic E-state index is -1.23. The third-order valence-corrected chi connectivity index (χ3v) is 5.71. The number of carbonyl (C=O) groups excluding carboxylic acids is 3. The predicted octanol–water partition coefficient (Wildman–Crippen LogP) is 4.34. The predicted molar refractivity (Wildman–Crippen MR) is 133 cm³/mol. The first-order valence-electron chi connectivity index (χ1n) is 10.9. The first-order valence-corrected chi connectivity index (χ1v) is 10.9. The Labute approximate surface area is 201 Å². The minimum Gasteiger partial charge on any atom is -0.478 e. The highest BCUT2D eigenvalue weighted by Gasteiger charge is 2.35. The molecule has 0 saturated heterocycles. The lowest BCUT2D eigenvalue weighted by Crippen LogP contribution is -2.40. The molecular formula is C28H22N2O5. The van der Waals surface area contributed by atoms with Crippen molar-refractivity contribution in [2.75, 3.05) is 11.4 Å². The van der Waals surface area contributed by atoms with Gasteiger partial charge in [-0.15, -0.1) is 0 Å². The second-order valence-corrected chi connectivity index (χ2v) is 7.84. The molecule has 0 unspecified atom stereocenters. The first kappa shape index (κ1) is 23.5. The van der Waals surface area contributed by atoms with Gasteiger partial charge in [0.15, 0.2) is 6.29 Å². The number of para-hydroxylation sites is 1. The van der Waals surface area contributed by atoms with Gasteiger partial charge in [0.1, 0.15) is 0 Å². The summed E-state index contributed by atoms with van der Waals surface area (Å²) in [6.07, 6.45) is 1.51. The van der Waals surface area contributed by atoms with E-state index in [1.54, 1.807) is 30.3 Å². The highest BCUT2D eigenvalue weighted by molar-refractivity contribution is 6.37. The summed E-state index contributed by atoms with van der Waals surface area (Å²) in [5, 5.41) is 9.75. The molecule has 0 aliphatic carbocycles. The number of aldehydes is 1. The molecule has 0 radical (unpaired) electrons. The quantitative estimate of drug-likeness (QED) is 0.334. The van der Waals surface area contributed by atoms with Crippen molar-refractivity contribution in [1.29, 1.82) is 0 Å². The van der Waals surface area contributed by atoms with E-state index in [4.69, 9.17) is 5.73 Å². The zero-order valence-electron chi connectivity index (χ0n) is 18.7. The van der Waals surface area contributed by atoms with Crippen LogP contribution in [0.25, 0.3) is 10.8 Å². The largest absolute Gasteiger partial charge is 0.478 e. The molecule has 0 aromatic heterocycles. The van der Waals surface area contributed by atoms with Crippen LogP contribution in [-0.4, -0.2) is 35.7 Å². The van der Waals surface area contributed by atoms with E-state index in [2.05, 4.69) is 12.1 Å². The Morgan fingerprint density at radius 3 is 1.91 bits per heavy atom. The lowest BCUT2D eigenvalue weighted by atomic mass is 9.88. The number of amides is 2. The second kappa shape index (κ2) is 10.1. The van der Waals surface area contributed by atoms with E-state index in [0.29, 0.717) is 12.0 Å². The summed E-state index contributed by atoms with van der Waals surface area (Å²) >= 11 is 0. The van der Waals surface area contributed by atoms with Crippen molar-refractivity contribution in [3.63, 3.8) is 0 Å². The van der Waals surface area contributed by atoms with Crippen LogP contribution in [-0.2, 0) is 6.42 Å². The molecular weight excluding hydrogens is 444 g/mol. The standard InChI is InChI=1S/C20H11NO5.C8H11N/c22-10-11-6-7-13-17-14(8-9-15(16(11)17)20(25)26)19(24)21(18(13)23)12-4-2-1-3-5-12;9-7-6-8-4-2-1-3-5-8/h1-10H,(H,25,26);1-5H,6-7,9H2. The van der Waals surface area contributed by atoms with E-state index in [0.717, 1.165) is 17.9 Å². The van der Waals surface area contributed by atoms with Crippen LogP contribution in [0.15, 0.2) is 84.9 Å². The van der Waals surface area contributed by atoms with Gasteiger partial charge in [-0.1, -0.05) is 54.6 Å². The molecule has 7 nitrogen and oxygen atoms in total. The van der Waals surface area contributed by atoms with Gasteiger partial charge in [-0.05, 0) is 48.9 Å². The van der Waals surface area contributed by atoms with E-state index in [1.807, 2.05) is 18.2 Å². The monoisotopic (exact) mass is 466 g/mol. The van der Waals surface area contributed by atoms with Crippen molar-refractivity contribution in [2.45, 2.75) is 6.42 Å². The van der Waals surface area contributed by atoms with E-state index in [-0.39, 0.29) is 33.0 Å². The summed E-state index contributed by atoms with van der Waals surface area (Å²) in [5.41, 5.74) is 7.47. The lowest BCUT2D eigenvalue weighted by Gasteiger charge is -2.28. The van der Waals surface area contributed by atoms with Gasteiger partial charge in [0.2, 0.25) is 0 Å². The zero-order chi connectivity index (χ0) is 24.9. The van der Waals surface area contributed by atoms with Crippen LogP contribution in [0, 0.1) is 0 Å². The van der Waals surface area contributed by atoms with Crippen molar-refractivity contribution in [1.82, 2.24) is 0 Å². The highest BCUT2D eigenvalue weighted by Crippen LogP contribution is 2.35. The smallest absolute Gasteiger partial charge is 0.336 e. The molecule has 4 aromatic carbocycles. The third-order valence-electron chi connectivity index (χ3n) is 5.71. The Morgan fingerprint density at radius 1 is 0.800 bits per heavy atom. The molecule has 0 atom stereocenters. The van der Waals surface area contributed by atoms with E-state index < -0.39 is 17.8 Å². The van der Waals surface area contributed by atoms with E-state index in [9.17, 15) is 24.3 Å². The summed E-state index contributed by atoms with van der Waals surface area (Å²) in [4.78, 5) is 49.9. The molecule has 1 aliphatic rings. The van der Waals surface area contributed by atoms with Gasteiger partial charge in [0, 0.05) is 27.5 Å². The van der Waals surface area contributed by atoms with Crippen molar-refractivity contribution < 1.29 is 24.3 Å². The Morgan fingerprint density at radius 2 is 1.37 bits per heavy atom. The number of carbonyl (C=O) groups is 4. The first-order chi connectivity index (χ1) is 17.0. The molecule has 3 N–H and O–H groups in total. The summed E-state index contributed by atoms with van der Waals surface area (Å²) in [6.45, 7) is 0.740. The average molecular weight is 466 g/mol. The fourth-order valence-electron chi connectivity index (χ4n) is 4.11. The average Bonchev–Trinajstić information content (AvgIpc) is 2.88. The normalized spacial score (nSPS) is 12.2. The number of hydrogen-bond donors (Lipinski definition) is 2. The molecule has 35 heavy (non-hydrogen) atoms. The molecule has 0 saturated carbocycles. The maximum atomic E-state index is 13.0. The number of hydrogen-bond acceptors (Lipinski definition) is 5. The molecule has 1 heterocycles. The number of benzene rings is 4. The molecule has 5 rings (SSSR count). The van der Waals surface area contributed by atoms with Gasteiger partial charge in [0.25, 0.3) is 11.8 Å². The number of nitrogens with zero attached hydrogens (tertiary/aromatic N) is 1. The summed E-state index contributed by atoms with van der Waals surface area (Å²) in [5.74, 6) is -2.35. The number of carboxylic acid groups (broad SMARTS) is 1. The van der Waals surface area contributed by atoms with E-state index >= 15 is 0 Å². The Kier molecular flexibility index (Phi) is 6.80. The van der Waals surface area contributed by atoms with Crippen LogP contribution >= 0.6 is 0 Å². The number of nitrogens with two attached hydrogens (primary N) is 1. The summed E-state index contributed by atoms with van der Waals surface area (Å²) in [7, 11) is 0. The number of aromatic carboxylic acids is 1. The van der Waals surface area contributed by atoms with Crippen molar-refractivity contribution in [3.05, 3.63) is 113 Å². The number of carboxylic acids is 1. The van der Waals surface area contributed by atoms with Crippen molar-refractivity contribution in [3.8, 4) is 0 Å². The Hall–Kier alpha value is -4.62. The van der Waals surface area contributed by atoms with Crippen LogP contribution in [0.2, 0.25) is 0 Å². The maximum absolute atomic E-state index is 13.0. The Balaban J connectivity index is 0.000000271. The van der Waals surface area contributed by atoms with Crippen LogP contribution < -0.4 is 10.6 Å². The topological polar surface area (TPSA) is 118 Å². The van der Waals surface area contributed by atoms with Crippen molar-refractivity contribution in [2.24, 2.45) is 5.73 Å². The Bertz CT molecular complexity index is 1410. The fourth-order valence-corrected chi connectivity index (χ4v) is 4.11. The molecule has 7 heteroatoms. The van der Waals surface area contributed by atoms with Crippen LogP contribution in [0.5, 0.6) is 0 Å². The molecule has 174 valence electrons. The van der Waals surface area contributed by atoms with Crippen LogP contribution in [0.3, 0.4) is 0 Å². The van der Waals surface area contributed by atoms with Crippen molar-refractivity contribution >= 4 is 40.5 Å². The third kappa shape index (κ3) is 4.45. The maximum Gasteiger partial charge on any atom is 0.336 e. The molecule has 1 aliphatic heterocycles.